The van der Waals surface area contributed by atoms with Gasteiger partial charge in [-0.25, -0.2) is 0 Å². The van der Waals surface area contributed by atoms with Crippen molar-refractivity contribution in [3.8, 4) is 0 Å². The largest absolute Gasteiger partial charge is 0.453 e. The summed E-state index contributed by atoms with van der Waals surface area (Å²) in [6.07, 6.45) is 4.74. The van der Waals surface area contributed by atoms with Crippen LogP contribution in [0, 0.1) is 5.41 Å². The lowest BCUT2D eigenvalue weighted by Crippen LogP contribution is -2.39. The number of halogens is 1. The van der Waals surface area contributed by atoms with E-state index >= 15 is 0 Å². The lowest BCUT2D eigenvalue weighted by atomic mass is 9.73. The van der Waals surface area contributed by atoms with Crippen molar-refractivity contribution in [2.24, 2.45) is 5.41 Å². The van der Waals surface area contributed by atoms with E-state index in [1.165, 1.54) is 0 Å². The second-order valence-electron chi connectivity index (χ2n) is 7.02. The molecule has 1 aliphatic heterocycles. The van der Waals surface area contributed by atoms with E-state index < -0.39 is 5.41 Å². The van der Waals surface area contributed by atoms with Crippen molar-refractivity contribution in [2.45, 2.75) is 38.5 Å². The van der Waals surface area contributed by atoms with Crippen LogP contribution in [-0.4, -0.2) is 29.0 Å². The van der Waals surface area contributed by atoms with E-state index in [9.17, 15) is 14.4 Å². The smallest absolute Gasteiger partial charge is 0.236 e. The summed E-state index contributed by atoms with van der Waals surface area (Å²) in [5.74, 6) is -0.673. The van der Waals surface area contributed by atoms with Gasteiger partial charge < -0.3 is 4.42 Å². The molecular formula is C19H18ClNO4. The van der Waals surface area contributed by atoms with Gasteiger partial charge in [0, 0.05) is 16.8 Å². The molecule has 2 heterocycles. The van der Waals surface area contributed by atoms with E-state index in [1.54, 1.807) is 24.3 Å². The average Bonchev–Trinajstić information content (AvgIpc) is 3.10. The number of hydrogen-bond donors (Lipinski definition) is 0. The molecule has 25 heavy (non-hydrogen) atoms. The Bertz CT molecular complexity index is 879. The number of nitrogens with zero attached hydrogens (tertiary/aromatic N) is 1. The lowest BCUT2D eigenvalue weighted by molar-refractivity contribution is -0.141. The molecule has 1 saturated carbocycles. The minimum Gasteiger partial charge on any atom is -0.453 e. The van der Waals surface area contributed by atoms with Crippen LogP contribution in [0.2, 0.25) is 5.02 Å². The van der Waals surface area contributed by atoms with Gasteiger partial charge in [-0.15, -0.1) is 0 Å². The van der Waals surface area contributed by atoms with Gasteiger partial charge in [0.1, 0.15) is 5.58 Å². The van der Waals surface area contributed by atoms with Gasteiger partial charge in [0.15, 0.2) is 5.76 Å². The highest BCUT2D eigenvalue weighted by Gasteiger charge is 2.51. The Morgan fingerprint density at radius 1 is 1.16 bits per heavy atom. The number of furan rings is 1. The minimum absolute atomic E-state index is 0.141. The maximum Gasteiger partial charge on any atom is 0.236 e. The summed E-state index contributed by atoms with van der Waals surface area (Å²) in [7, 11) is 0. The molecule has 130 valence electrons. The third-order valence-corrected chi connectivity index (χ3v) is 5.59. The van der Waals surface area contributed by atoms with E-state index in [2.05, 4.69) is 0 Å². The van der Waals surface area contributed by atoms with Crippen molar-refractivity contribution in [3.05, 3.63) is 35.0 Å². The van der Waals surface area contributed by atoms with Crippen LogP contribution >= 0.6 is 11.6 Å². The molecule has 1 aromatic carbocycles. The fourth-order valence-corrected chi connectivity index (χ4v) is 4.19. The molecule has 0 unspecified atom stereocenters. The summed E-state index contributed by atoms with van der Waals surface area (Å²) >= 11 is 5.94. The third-order valence-electron chi connectivity index (χ3n) is 5.36. The number of likely N-dealkylation sites (tertiary alicyclic amines) is 1. The van der Waals surface area contributed by atoms with Gasteiger partial charge in [-0.3, -0.25) is 19.3 Å². The third kappa shape index (κ3) is 2.76. The molecule has 2 amide bonds. The summed E-state index contributed by atoms with van der Waals surface area (Å²) < 4.78 is 5.55. The number of imide groups is 1. The number of amides is 2. The molecule has 1 spiro atoms. The van der Waals surface area contributed by atoms with Crippen molar-refractivity contribution >= 4 is 40.2 Å². The summed E-state index contributed by atoms with van der Waals surface area (Å²) in [6, 6.07) is 6.69. The number of Topliss-reactive ketones (excluding diaryl/α,β-unsaturated/α-hetero) is 1. The Morgan fingerprint density at radius 3 is 2.68 bits per heavy atom. The van der Waals surface area contributed by atoms with Gasteiger partial charge in [-0.1, -0.05) is 30.9 Å². The maximum absolute atomic E-state index is 12.8. The topological polar surface area (TPSA) is 67.6 Å². The molecule has 0 bridgehead atoms. The van der Waals surface area contributed by atoms with Gasteiger partial charge in [0.25, 0.3) is 0 Å². The average molecular weight is 360 g/mol. The molecule has 1 aromatic heterocycles. The lowest BCUT2D eigenvalue weighted by Gasteiger charge is -2.30. The monoisotopic (exact) mass is 359 g/mol. The minimum atomic E-state index is -0.572. The Kier molecular flexibility index (Phi) is 3.91. The van der Waals surface area contributed by atoms with Gasteiger partial charge in [-0.2, -0.15) is 0 Å². The Hall–Kier alpha value is -2.14. The summed E-state index contributed by atoms with van der Waals surface area (Å²) in [6.45, 7) is -0.257. The number of carbonyl (C=O) groups is 3. The number of rotatable bonds is 3. The summed E-state index contributed by atoms with van der Waals surface area (Å²) in [5.41, 5.74) is -0.0209. The fraction of sp³-hybridized carbons (Fsp3) is 0.421. The molecule has 5 nitrogen and oxygen atoms in total. The summed E-state index contributed by atoms with van der Waals surface area (Å²) in [4.78, 5) is 38.8. The van der Waals surface area contributed by atoms with Gasteiger partial charge in [0.05, 0.1) is 12.0 Å². The first-order valence-electron chi connectivity index (χ1n) is 8.56. The summed E-state index contributed by atoms with van der Waals surface area (Å²) in [5, 5.41) is 1.27. The molecule has 1 aliphatic carbocycles. The van der Waals surface area contributed by atoms with Crippen LogP contribution in [-0.2, 0) is 9.59 Å². The molecule has 0 N–H and O–H groups in total. The highest BCUT2D eigenvalue weighted by Crippen LogP contribution is 2.45. The predicted molar refractivity (Wildman–Crippen MR) is 92.4 cm³/mol. The number of benzene rings is 1. The van der Waals surface area contributed by atoms with E-state index in [4.69, 9.17) is 16.0 Å². The first-order chi connectivity index (χ1) is 12.0. The van der Waals surface area contributed by atoms with Gasteiger partial charge in [-0.05, 0) is 37.1 Å². The maximum atomic E-state index is 12.8. The van der Waals surface area contributed by atoms with Crippen LogP contribution < -0.4 is 0 Å². The quantitative estimate of drug-likeness (QED) is 0.614. The SMILES string of the molecule is O=C(CN1C(=O)CC2(CCCCC2)C1=O)c1cc2cc(Cl)ccc2o1. The predicted octanol–water partition coefficient (Wildman–Crippen LogP) is 3.98. The molecule has 0 radical (unpaired) electrons. The van der Waals surface area contributed by atoms with E-state index in [0.29, 0.717) is 10.6 Å². The second kappa shape index (κ2) is 5.99. The number of ketones is 1. The number of carbonyl (C=O) groups excluding carboxylic acids is 3. The zero-order valence-corrected chi connectivity index (χ0v) is 14.5. The molecule has 4 rings (SSSR count). The van der Waals surface area contributed by atoms with Crippen LogP contribution in [0.25, 0.3) is 11.0 Å². The molecule has 0 atom stereocenters. The molecule has 6 heteroatoms. The second-order valence-corrected chi connectivity index (χ2v) is 7.46. The van der Waals surface area contributed by atoms with E-state index in [1.807, 2.05) is 0 Å². The van der Waals surface area contributed by atoms with Crippen LogP contribution in [0.15, 0.2) is 28.7 Å². The van der Waals surface area contributed by atoms with Crippen molar-refractivity contribution in [1.82, 2.24) is 4.90 Å². The van der Waals surface area contributed by atoms with Crippen LogP contribution in [0.3, 0.4) is 0 Å². The van der Waals surface area contributed by atoms with Crippen LogP contribution in [0.4, 0.5) is 0 Å². The van der Waals surface area contributed by atoms with Crippen LogP contribution in [0.1, 0.15) is 49.1 Å². The van der Waals surface area contributed by atoms with E-state index in [0.717, 1.165) is 42.4 Å². The van der Waals surface area contributed by atoms with Crippen LogP contribution in [0.5, 0.6) is 0 Å². The standard InChI is InChI=1S/C19H18ClNO4/c20-13-4-5-15-12(8-13)9-16(25-15)14(22)11-21-17(23)10-19(18(21)24)6-2-1-3-7-19/h4-5,8-9H,1-3,6-7,10-11H2. The Morgan fingerprint density at radius 2 is 1.92 bits per heavy atom. The Labute approximate surface area is 149 Å². The zero-order chi connectivity index (χ0) is 17.6. The molecule has 2 fully saturated rings. The molecule has 2 aliphatic rings. The van der Waals surface area contributed by atoms with Gasteiger partial charge in [0.2, 0.25) is 17.6 Å². The Balaban J connectivity index is 1.55. The zero-order valence-electron chi connectivity index (χ0n) is 13.7. The van der Waals surface area contributed by atoms with Crippen molar-refractivity contribution in [2.75, 3.05) is 6.54 Å². The first-order valence-corrected chi connectivity index (χ1v) is 8.93. The molecule has 2 aromatic rings. The number of hydrogen-bond acceptors (Lipinski definition) is 4. The van der Waals surface area contributed by atoms with Gasteiger partial charge >= 0.3 is 0 Å². The normalized spacial score (nSPS) is 20.0. The first kappa shape index (κ1) is 16.3. The van der Waals surface area contributed by atoms with Crippen molar-refractivity contribution < 1.29 is 18.8 Å². The number of fused-ring (bicyclic) bond motifs is 1. The highest BCUT2D eigenvalue weighted by atomic mass is 35.5. The van der Waals surface area contributed by atoms with Crippen molar-refractivity contribution in [3.63, 3.8) is 0 Å². The molecular weight excluding hydrogens is 342 g/mol. The highest BCUT2D eigenvalue weighted by molar-refractivity contribution is 6.31. The fourth-order valence-electron chi connectivity index (χ4n) is 4.01. The van der Waals surface area contributed by atoms with E-state index in [-0.39, 0.29) is 36.3 Å². The van der Waals surface area contributed by atoms with Crippen molar-refractivity contribution in [1.29, 1.82) is 0 Å². The molecule has 1 saturated heterocycles.